The van der Waals surface area contributed by atoms with E-state index in [1.165, 1.54) is 65.2 Å². The summed E-state index contributed by atoms with van der Waals surface area (Å²) in [6, 6.07) is 89.9. The van der Waals surface area contributed by atoms with Crippen LogP contribution in [0.1, 0.15) is 11.1 Å². The van der Waals surface area contributed by atoms with E-state index in [1.807, 2.05) is 12.1 Å². The van der Waals surface area contributed by atoms with Crippen molar-refractivity contribution in [2.24, 2.45) is 0 Å². The minimum atomic E-state index is 0.619. The molecule has 2 heterocycles. The Morgan fingerprint density at radius 1 is 0.324 bits per heavy atom. The number of hydrogen-bond donors (Lipinski definition) is 0. The van der Waals surface area contributed by atoms with E-state index >= 15 is 0 Å². The van der Waals surface area contributed by atoms with E-state index in [9.17, 15) is 5.26 Å². The maximum Gasteiger partial charge on any atom is 0.0991 e. The fourth-order valence-electron chi connectivity index (χ4n) is 11.2. The Bertz CT molecular complexity index is 4350. The molecule has 0 N–H and O–H groups in total. The van der Waals surface area contributed by atoms with Gasteiger partial charge in [-0.05, 0) is 161 Å². The van der Waals surface area contributed by atoms with E-state index in [4.69, 9.17) is 0 Å². The van der Waals surface area contributed by atoms with Gasteiger partial charge in [-0.3, -0.25) is 0 Å². The fraction of sp³-hybridized carbons (Fsp3) is 0.0152. The maximum absolute atomic E-state index is 9.87. The van der Waals surface area contributed by atoms with Gasteiger partial charge in [0.05, 0.1) is 33.7 Å². The van der Waals surface area contributed by atoms with Gasteiger partial charge in [-0.15, -0.1) is 0 Å². The van der Waals surface area contributed by atoms with Crippen LogP contribution in [0.4, 0.5) is 34.1 Å². The molecule has 5 heteroatoms. The summed E-state index contributed by atoms with van der Waals surface area (Å²) in [6.07, 6.45) is 0. The molecule has 0 aliphatic rings. The maximum atomic E-state index is 9.87. The highest BCUT2D eigenvalue weighted by Crippen LogP contribution is 2.47. The molecule has 0 saturated carbocycles. The van der Waals surface area contributed by atoms with Gasteiger partial charge in [-0.25, -0.2) is 0 Å². The summed E-state index contributed by atoms with van der Waals surface area (Å²) < 4.78 is 4.82. The van der Waals surface area contributed by atoms with Crippen LogP contribution in [0.5, 0.6) is 0 Å². The number of benzene rings is 12. The van der Waals surface area contributed by atoms with E-state index in [1.54, 1.807) is 0 Å². The largest absolute Gasteiger partial charge is 0.310 e. The molecule has 0 aliphatic carbocycles. The first kappa shape index (κ1) is 40.4. The van der Waals surface area contributed by atoms with Crippen LogP contribution in [0, 0.1) is 18.3 Å². The number of nitrogens with zero attached hydrogens (tertiary/aromatic N) is 5. The molecule has 0 aliphatic heterocycles. The summed E-state index contributed by atoms with van der Waals surface area (Å²) in [4.78, 5) is 4.72. The first-order valence-corrected chi connectivity index (χ1v) is 24.1. The van der Waals surface area contributed by atoms with E-state index in [-0.39, 0.29) is 0 Å². The summed E-state index contributed by atoms with van der Waals surface area (Å²) in [5.41, 5.74) is 17.2. The number of rotatable bonds is 9. The van der Waals surface area contributed by atoms with Crippen molar-refractivity contribution in [3.8, 4) is 28.6 Å². The van der Waals surface area contributed by atoms with Crippen LogP contribution in [-0.2, 0) is 0 Å². The Labute approximate surface area is 410 Å². The zero-order valence-corrected chi connectivity index (χ0v) is 38.8. The molecule has 12 aromatic carbocycles. The van der Waals surface area contributed by atoms with Crippen molar-refractivity contribution in [3.05, 3.63) is 254 Å². The van der Waals surface area contributed by atoms with Gasteiger partial charge in [-0.1, -0.05) is 127 Å². The van der Waals surface area contributed by atoms with Crippen molar-refractivity contribution >= 4 is 99.3 Å². The minimum absolute atomic E-state index is 0.619. The van der Waals surface area contributed by atoms with Crippen LogP contribution in [0.15, 0.2) is 243 Å². The van der Waals surface area contributed by atoms with Crippen molar-refractivity contribution in [3.63, 3.8) is 0 Å². The van der Waals surface area contributed by atoms with E-state index in [2.05, 4.69) is 262 Å². The van der Waals surface area contributed by atoms with Gasteiger partial charge in [0.2, 0.25) is 0 Å². The summed E-state index contributed by atoms with van der Waals surface area (Å²) in [5, 5.41) is 19.8. The molecule has 0 radical (unpaired) electrons. The normalized spacial score (nSPS) is 11.7. The molecular formula is C66H43N5. The molecule has 0 spiro atoms. The summed E-state index contributed by atoms with van der Waals surface area (Å²) in [6.45, 7) is 2.14. The van der Waals surface area contributed by atoms with E-state index < -0.39 is 0 Å². The minimum Gasteiger partial charge on any atom is -0.310 e. The molecule has 0 amide bonds. The van der Waals surface area contributed by atoms with Crippen molar-refractivity contribution in [2.75, 3.05) is 9.80 Å². The van der Waals surface area contributed by atoms with Gasteiger partial charge in [0.25, 0.3) is 0 Å². The highest BCUT2D eigenvalue weighted by molar-refractivity contribution is 6.26. The molecular weight excluding hydrogens is 863 g/mol. The standard InChI is InChI=1S/C66H43N5/c1-43-24-32-53(33-25-43)68(57-38-49-30-28-45-12-10-22-59-63(45)65(49)61(40-57)70(59)51-16-4-2-5-17-51)55-20-8-14-47(36-55)48-15-9-21-56(37-48)69(54-34-26-44(42-67)27-35-54)58-39-50-31-29-46-13-11-23-60-64(46)66(50)62(41-58)71(60)52-18-6-3-7-19-52/h2-41H,1H3. The van der Waals surface area contributed by atoms with Gasteiger partial charge >= 0.3 is 0 Å². The molecule has 0 saturated heterocycles. The highest BCUT2D eigenvalue weighted by Gasteiger charge is 2.24. The predicted octanol–water partition coefficient (Wildman–Crippen LogP) is 17.8. The molecule has 0 atom stereocenters. The number of nitriles is 1. The van der Waals surface area contributed by atoms with Crippen LogP contribution in [0.3, 0.4) is 0 Å². The quantitative estimate of drug-likeness (QED) is 0.136. The summed E-state index contributed by atoms with van der Waals surface area (Å²) >= 11 is 0. The second kappa shape index (κ2) is 16.0. The Morgan fingerprint density at radius 3 is 1.21 bits per heavy atom. The molecule has 332 valence electrons. The fourth-order valence-corrected chi connectivity index (χ4v) is 11.2. The molecule has 0 fully saturated rings. The van der Waals surface area contributed by atoms with Crippen LogP contribution >= 0.6 is 0 Å². The van der Waals surface area contributed by atoms with E-state index in [0.717, 1.165) is 62.1 Å². The smallest absolute Gasteiger partial charge is 0.0991 e. The van der Waals surface area contributed by atoms with Crippen molar-refractivity contribution in [1.82, 2.24) is 9.13 Å². The lowest BCUT2D eigenvalue weighted by atomic mass is 10.00. The molecule has 5 nitrogen and oxygen atoms in total. The SMILES string of the molecule is Cc1ccc(N(c2cccc(-c3cccc(N(c4ccc(C#N)cc4)c4cc5ccc6cccc7c6c5c(c4)n7-c4ccccc4)c3)c2)c2cc3ccc4cccc5c4c3c(c2)n5-c2ccccc2)cc1. The molecule has 0 unspecified atom stereocenters. The van der Waals surface area contributed by atoms with Gasteiger partial charge in [0.1, 0.15) is 0 Å². The highest BCUT2D eigenvalue weighted by atomic mass is 15.2. The van der Waals surface area contributed by atoms with E-state index in [0.29, 0.717) is 5.56 Å². The molecule has 14 rings (SSSR count). The summed E-state index contributed by atoms with van der Waals surface area (Å²) in [5.74, 6) is 0. The van der Waals surface area contributed by atoms with Crippen molar-refractivity contribution in [1.29, 1.82) is 5.26 Å². The van der Waals surface area contributed by atoms with Gasteiger partial charge in [-0.2, -0.15) is 5.26 Å². The third-order valence-corrected chi connectivity index (χ3v) is 14.4. The number of aryl methyl sites for hydroxylation is 1. The van der Waals surface area contributed by atoms with Crippen molar-refractivity contribution in [2.45, 2.75) is 6.92 Å². The molecule has 0 bridgehead atoms. The van der Waals surface area contributed by atoms with Crippen LogP contribution in [0.25, 0.3) is 87.7 Å². The zero-order chi connectivity index (χ0) is 47.2. The number of hydrogen-bond acceptors (Lipinski definition) is 3. The third kappa shape index (κ3) is 6.46. The Morgan fingerprint density at radius 2 is 0.746 bits per heavy atom. The number of anilines is 6. The Kier molecular flexibility index (Phi) is 9.11. The Balaban J connectivity index is 0.938. The first-order chi connectivity index (χ1) is 35.1. The monoisotopic (exact) mass is 905 g/mol. The predicted molar refractivity (Wildman–Crippen MR) is 297 cm³/mol. The average Bonchev–Trinajstić information content (AvgIpc) is 3.95. The van der Waals surface area contributed by atoms with Crippen LogP contribution in [-0.4, -0.2) is 9.13 Å². The number of aromatic nitrogens is 2. The lowest BCUT2D eigenvalue weighted by Crippen LogP contribution is -2.11. The van der Waals surface area contributed by atoms with Gasteiger partial charge in [0, 0.05) is 67.0 Å². The lowest BCUT2D eigenvalue weighted by Gasteiger charge is -2.28. The average molecular weight is 906 g/mol. The number of para-hydroxylation sites is 2. The van der Waals surface area contributed by atoms with Crippen LogP contribution in [0.2, 0.25) is 0 Å². The second-order valence-electron chi connectivity index (χ2n) is 18.6. The van der Waals surface area contributed by atoms with Crippen molar-refractivity contribution < 1.29 is 0 Å². The molecule has 14 aromatic rings. The Hall–Kier alpha value is -9.63. The first-order valence-electron chi connectivity index (χ1n) is 24.1. The molecule has 2 aromatic heterocycles. The van der Waals surface area contributed by atoms with Gasteiger partial charge < -0.3 is 18.9 Å². The lowest BCUT2D eigenvalue weighted by molar-refractivity contribution is 1.18. The van der Waals surface area contributed by atoms with Gasteiger partial charge in [0.15, 0.2) is 0 Å². The second-order valence-corrected chi connectivity index (χ2v) is 18.6. The van der Waals surface area contributed by atoms with Crippen LogP contribution < -0.4 is 9.80 Å². The summed E-state index contributed by atoms with van der Waals surface area (Å²) in [7, 11) is 0. The third-order valence-electron chi connectivity index (χ3n) is 14.4. The topological polar surface area (TPSA) is 40.1 Å². The zero-order valence-electron chi connectivity index (χ0n) is 38.8. The molecule has 71 heavy (non-hydrogen) atoms.